The first kappa shape index (κ1) is 21.4. The Bertz CT molecular complexity index is 1130. The third-order valence-corrected chi connectivity index (χ3v) is 5.09. The van der Waals surface area contributed by atoms with Crippen LogP contribution in [0.5, 0.6) is 0 Å². The van der Waals surface area contributed by atoms with Crippen molar-refractivity contribution in [1.82, 2.24) is 20.8 Å². The summed E-state index contributed by atoms with van der Waals surface area (Å²) in [6.45, 7) is 3.12. The fourth-order valence-electron chi connectivity index (χ4n) is 3.43. The number of aryl methyl sites for hydroxylation is 2. The first-order valence-corrected chi connectivity index (χ1v) is 10.5. The minimum Gasteiger partial charge on any atom is -0.368 e. The molecule has 1 aromatic heterocycles. The van der Waals surface area contributed by atoms with Crippen LogP contribution >= 0.6 is 0 Å². The number of benzene rings is 1. The number of rotatable bonds is 9. The van der Waals surface area contributed by atoms with Gasteiger partial charge in [0, 0.05) is 37.1 Å². The Hall–Kier alpha value is -3.88. The smallest absolute Gasteiger partial charge is 0.276 e. The van der Waals surface area contributed by atoms with Crippen molar-refractivity contribution in [2.75, 3.05) is 13.1 Å². The monoisotopic (exact) mass is 432 g/mol. The van der Waals surface area contributed by atoms with Crippen LogP contribution in [0.25, 0.3) is 11.4 Å². The molecule has 2 aliphatic rings. The number of amides is 2. The van der Waals surface area contributed by atoms with Crippen molar-refractivity contribution < 1.29 is 14.1 Å². The zero-order valence-electron chi connectivity index (χ0n) is 17.7. The van der Waals surface area contributed by atoms with Gasteiger partial charge in [0.05, 0.1) is 5.92 Å². The summed E-state index contributed by atoms with van der Waals surface area (Å²) >= 11 is 0. The van der Waals surface area contributed by atoms with Gasteiger partial charge in [0.1, 0.15) is 0 Å². The maximum absolute atomic E-state index is 12.1. The van der Waals surface area contributed by atoms with E-state index in [-0.39, 0.29) is 24.2 Å². The molecular formula is C23H24N6O3. The number of carbonyl (C=O) groups excluding carboxylic acids is 2. The number of fused-ring (bicyclic) bond motifs is 1. The molecule has 9 heteroatoms. The Morgan fingerprint density at radius 2 is 2.09 bits per heavy atom. The van der Waals surface area contributed by atoms with Crippen molar-refractivity contribution in [1.29, 1.82) is 0 Å². The molecule has 1 aliphatic carbocycles. The summed E-state index contributed by atoms with van der Waals surface area (Å²) in [5.74, 6) is 0.861. The van der Waals surface area contributed by atoms with Crippen molar-refractivity contribution >= 4 is 11.8 Å². The normalized spacial score (nSPS) is 16.9. The molecule has 9 nitrogen and oxygen atoms in total. The van der Waals surface area contributed by atoms with E-state index in [2.05, 4.69) is 31.0 Å². The van der Waals surface area contributed by atoms with E-state index >= 15 is 0 Å². The third kappa shape index (κ3) is 5.23. The Morgan fingerprint density at radius 1 is 1.19 bits per heavy atom. The number of carbonyl (C=O) groups is 2. The minimum atomic E-state index is -0.365. The molecule has 2 heterocycles. The first-order valence-electron chi connectivity index (χ1n) is 10.5. The summed E-state index contributed by atoms with van der Waals surface area (Å²) in [4.78, 5) is 28.3. The lowest BCUT2D eigenvalue weighted by Gasteiger charge is -2.20. The number of aromatic nitrogens is 2. The average molecular weight is 432 g/mol. The zero-order valence-corrected chi connectivity index (χ0v) is 17.7. The van der Waals surface area contributed by atoms with E-state index in [9.17, 15) is 9.59 Å². The summed E-state index contributed by atoms with van der Waals surface area (Å²) in [7, 11) is 0. The highest BCUT2D eigenvalue weighted by molar-refractivity contribution is 5.86. The summed E-state index contributed by atoms with van der Waals surface area (Å²) in [5, 5.41) is 17.7. The van der Waals surface area contributed by atoms with Gasteiger partial charge in [0.25, 0.3) is 5.91 Å². The molecule has 2 N–H and O–H groups in total. The SMILES string of the molecule is Cc1cccc(-c2noc(CCC(=O)NCCCNC3=C4C=CC=CC4C(=O)N=N3)n2)c1. The third-order valence-electron chi connectivity index (χ3n) is 5.09. The van der Waals surface area contributed by atoms with Crippen LogP contribution in [0.3, 0.4) is 0 Å². The van der Waals surface area contributed by atoms with E-state index in [0.717, 1.165) is 16.7 Å². The molecule has 1 aliphatic heterocycles. The van der Waals surface area contributed by atoms with Gasteiger partial charge in [0.2, 0.25) is 17.6 Å². The molecule has 0 fully saturated rings. The van der Waals surface area contributed by atoms with Gasteiger partial charge in [0.15, 0.2) is 5.82 Å². The fourth-order valence-corrected chi connectivity index (χ4v) is 3.43. The second-order valence-corrected chi connectivity index (χ2v) is 7.58. The Kier molecular flexibility index (Phi) is 6.64. The molecule has 0 radical (unpaired) electrons. The van der Waals surface area contributed by atoms with Gasteiger partial charge in [-0.1, -0.05) is 53.2 Å². The standard InChI is InChI=1S/C23H24N6O3/c1-15-6-4-7-16(14-15)21-26-20(32-29-21)11-10-19(30)24-12-5-13-25-22-17-8-2-3-9-18(17)23(31)28-27-22/h2-4,6-9,14,18,25H,5,10-13H2,1H3,(H,24,30). The van der Waals surface area contributed by atoms with Crippen LogP contribution in [0, 0.1) is 12.8 Å². The van der Waals surface area contributed by atoms with Gasteiger partial charge in [-0.2, -0.15) is 4.98 Å². The fraction of sp³-hybridized carbons (Fsp3) is 0.304. The van der Waals surface area contributed by atoms with E-state index in [4.69, 9.17) is 4.52 Å². The first-order chi connectivity index (χ1) is 15.6. The minimum absolute atomic E-state index is 0.0781. The van der Waals surface area contributed by atoms with E-state index in [1.807, 2.05) is 55.5 Å². The number of hydrogen-bond acceptors (Lipinski definition) is 7. The topological polar surface area (TPSA) is 122 Å². The lowest BCUT2D eigenvalue weighted by molar-refractivity contribution is -0.121. The van der Waals surface area contributed by atoms with Gasteiger partial charge < -0.3 is 15.2 Å². The molecule has 0 saturated heterocycles. The Morgan fingerprint density at radius 3 is 2.97 bits per heavy atom. The van der Waals surface area contributed by atoms with Crippen molar-refractivity contribution in [3.8, 4) is 11.4 Å². The molecule has 2 aromatic rings. The molecule has 0 spiro atoms. The van der Waals surface area contributed by atoms with Crippen LogP contribution in [-0.4, -0.2) is 35.0 Å². The summed E-state index contributed by atoms with van der Waals surface area (Å²) in [6.07, 6.45) is 8.74. The largest absolute Gasteiger partial charge is 0.368 e. The van der Waals surface area contributed by atoms with Crippen LogP contribution in [0.15, 0.2) is 74.7 Å². The lowest BCUT2D eigenvalue weighted by atomic mass is 9.93. The molecule has 2 amide bonds. The van der Waals surface area contributed by atoms with Crippen LogP contribution in [0.4, 0.5) is 0 Å². The quantitative estimate of drug-likeness (QED) is 0.588. The number of hydrogen-bond donors (Lipinski definition) is 2. The highest BCUT2D eigenvalue weighted by Crippen LogP contribution is 2.27. The van der Waals surface area contributed by atoms with Crippen molar-refractivity contribution in [2.24, 2.45) is 16.1 Å². The van der Waals surface area contributed by atoms with Gasteiger partial charge >= 0.3 is 0 Å². The van der Waals surface area contributed by atoms with Crippen LogP contribution in [0.2, 0.25) is 0 Å². The average Bonchev–Trinajstić information content (AvgIpc) is 3.28. The maximum atomic E-state index is 12.1. The second-order valence-electron chi connectivity index (χ2n) is 7.58. The van der Waals surface area contributed by atoms with Gasteiger partial charge in [-0.15, -0.1) is 10.2 Å². The molecule has 32 heavy (non-hydrogen) atoms. The molecular weight excluding hydrogens is 408 g/mol. The summed E-state index contributed by atoms with van der Waals surface area (Å²) < 4.78 is 5.26. The molecule has 164 valence electrons. The zero-order chi connectivity index (χ0) is 22.3. The number of nitrogens with zero attached hydrogens (tertiary/aromatic N) is 4. The van der Waals surface area contributed by atoms with E-state index in [1.54, 1.807) is 0 Å². The Balaban J connectivity index is 1.17. The lowest BCUT2D eigenvalue weighted by Crippen LogP contribution is -2.28. The predicted molar refractivity (Wildman–Crippen MR) is 117 cm³/mol. The van der Waals surface area contributed by atoms with Crippen LogP contribution < -0.4 is 10.6 Å². The van der Waals surface area contributed by atoms with Crippen LogP contribution in [0.1, 0.15) is 24.3 Å². The van der Waals surface area contributed by atoms with Gasteiger partial charge in [-0.25, -0.2) is 0 Å². The molecule has 4 rings (SSSR count). The summed E-state index contributed by atoms with van der Waals surface area (Å²) in [5.41, 5.74) is 2.83. The van der Waals surface area contributed by atoms with Crippen molar-refractivity contribution in [2.45, 2.75) is 26.2 Å². The highest BCUT2D eigenvalue weighted by atomic mass is 16.5. The predicted octanol–water partition coefficient (Wildman–Crippen LogP) is 3.02. The van der Waals surface area contributed by atoms with Gasteiger partial charge in [-0.3, -0.25) is 9.59 Å². The van der Waals surface area contributed by atoms with Crippen molar-refractivity contribution in [3.63, 3.8) is 0 Å². The van der Waals surface area contributed by atoms with E-state index < -0.39 is 0 Å². The summed E-state index contributed by atoms with van der Waals surface area (Å²) in [6, 6.07) is 7.86. The van der Waals surface area contributed by atoms with Crippen LogP contribution in [-0.2, 0) is 16.0 Å². The molecule has 1 atom stereocenters. The highest BCUT2D eigenvalue weighted by Gasteiger charge is 2.26. The number of allylic oxidation sites excluding steroid dienone is 3. The van der Waals surface area contributed by atoms with Gasteiger partial charge in [-0.05, 0) is 19.4 Å². The van der Waals surface area contributed by atoms with Crippen molar-refractivity contribution in [3.05, 3.63) is 71.4 Å². The number of nitrogens with one attached hydrogen (secondary N) is 2. The van der Waals surface area contributed by atoms with E-state index in [0.29, 0.717) is 43.5 Å². The Labute approximate surface area is 185 Å². The molecule has 1 aromatic carbocycles. The molecule has 0 saturated carbocycles. The number of azo groups is 1. The second kappa shape index (κ2) is 9.95. The molecule has 0 bridgehead atoms. The molecule has 1 unspecified atom stereocenters. The van der Waals surface area contributed by atoms with E-state index in [1.165, 1.54) is 0 Å². The maximum Gasteiger partial charge on any atom is 0.276 e.